The number of hydrogen-bond donors (Lipinski definition) is 0. The van der Waals surface area contributed by atoms with Gasteiger partial charge in [-0.2, -0.15) is 0 Å². The first-order chi connectivity index (χ1) is 4.34. The highest BCUT2D eigenvalue weighted by molar-refractivity contribution is 6.32. The lowest BCUT2D eigenvalue weighted by Gasteiger charge is -1.74. The Balaban J connectivity index is 2.89. The van der Waals surface area contributed by atoms with E-state index >= 15 is 0 Å². The van der Waals surface area contributed by atoms with E-state index in [0.717, 1.165) is 6.20 Å². The molecular weight excluding hydrogens is 124 g/mol. The molecule has 0 amide bonds. The minimum atomic E-state index is -0.750. The SMILES string of the molecule is O=CC(=O)c1cnno1. The summed E-state index contributed by atoms with van der Waals surface area (Å²) in [6.07, 6.45) is 1.22. The molecule has 9 heavy (non-hydrogen) atoms. The molecule has 0 radical (unpaired) electrons. The van der Waals surface area contributed by atoms with Crippen molar-refractivity contribution in [2.75, 3.05) is 0 Å². The Morgan fingerprint density at radius 1 is 1.78 bits per heavy atom. The van der Waals surface area contributed by atoms with Gasteiger partial charge in [0.15, 0.2) is 6.29 Å². The van der Waals surface area contributed by atoms with Crippen LogP contribution in [0.3, 0.4) is 0 Å². The van der Waals surface area contributed by atoms with Gasteiger partial charge in [-0.3, -0.25) is 9.59 Å². The third kappa shape index (κ3) is 0.987. The van der Waals surface area contributed by atoms with Gasteiger partial charge in [-0.15, -0.1) is 5.10 Å². The molecule has 0 bridgehead atoms. The van der Waals surface area contributed by atoms with E-state index in [-0.39, 0.29) is 12.0 Å². The van der Waals surface area contributed by atoms with Crippen LogP contribution in [-0.4, -0.2) is 22.4 Å². The number of aromatic nitrogens is 2. The van der Waals surface area contributed by atoms with E-state index in [9.17, 15) is 9.59 Å². The highest BCUT2D eigenvalue weighted by Crippen LogP contribution is 1.91. The predicted octanol–water partition coefficient (Wildman–Crippen LogP) is -0.549. The third-order valence-corrected chi connectivity index (χ3v) is 0.711. The van der Waals surface area contributed by atoms with Crippen molar-refractivity contribution in [1.29, 1.82) is 0 Å². The van der Waals surface area contributed by atoms with Gasteiger partial charge in [0.1, 0.15) is 6.20 Å². The van der Waals surface area contributed by atoms with Crippen molar-refractivity contribution < 1.29 is 14.1 Å². The van der Waals surface area contributed by atoms with Crippen LogP contribution in [0.15, 0.2) is 10.7 Å². The maximum atomic E-state index is 10.3. The van der Waals surface area contributed by atoms with Gasteiger partial charge in [-0.25, -0.2) is 0 Å². The van der Waals surface area contributed by atoms with E-state index in [1.54, 1.807) is 0 Å². The molecule has 0 N–H and O–H groups in total. The second kappa shape index (κ2) is 2.17. The van der Waals surface area contributed by atoms with E-state index in [1.165, 1.54) is 0 Å². The predicted molar refractivity (Wildman–Crippen MR) is 24.7 cm³/mol. The Kier molecular flexibility index (Phi) is 1.35. The summed E-state index contributed by atoms with van der Waals surface area (Å²) in [5.41, 5.74) is 0. The van der Waals surface area contributed by atoms with Crippen LogP contribution in [-0.2, 0) is 4.79 Å². The first-order valence-electron chi connectivity index (χ1n) is 2.11. The van der Waals surface area contributed by atoms with Gasteiger partial charge in [0.05, 0.1) is 0 Å². The van der Waals surface area contributed by atoms with Gasteiger partial charge >= 0.3 is 0 Å². The Bertz CT molecular complexity index is 216. The molecule has 0 unspecified atom stereocenters. The Labute approximate surface area is 49.6 Å². The second-order valence-electron chi connectivity index (χ2n) is 1.26. The lowest BCUT2D eigenvalue weighted by molar-refractivity contribution is -0.104. The largest absolute Gasteiger partial charge is 0.333 e. The number of carbonyl (C=O) groups excluding carboxylic acids is 2. The lowest BCUT2D eigenvalue weighted by atomic mass is 10.4. The van der Waals surface area contributed by atoms with Gasteiger partial charge in [0, 0.05) is 5.27 Å². The Morgan fingerprint density at radius 2 is 2.56 bits per heavy atom. The van der Waals surface area contributed by atoms with Gasteiger partial charge < -0.3 is 4.52 Å². The molecule has 5 heteroatoms. The summed E-state index contributed by atoms with van der Waals surface area (Å²) in [4.78, 5) is 20.1. The molecule has 0 atom stereocenters. The third-order valence-electron chi connectivity index (χ3n) is 0.711. The van der Waals surface area contributed by atoms with Crippen LogP contribution < -0.4 is 0 Å². The number of carbonyl (C=O) groups is 2. The van der Waals surface area contributed by atoms with Gasteiger partial charge in [-0.1, -0.05) is 0 Å². The second-order valence-corrected chi connectivity index (χ2v) is 1.26. The number of aldehydes is 1. The first kappa shape index (κ1) is 5.61. The number of Topliss-reactive ketones (excluding diaryl/α,β-unsaturated/α-hetero) is 1. The summed E-state index contributed by atoms with van der Waals surface area (Å²) < 4.78 is 4.24. The number of nitrogens with zero attached hydrogens (tertiary/aromatic N) is 2. The molecule has 0 saturated carbocycles. The maximum Gasteiger partial charge on any atom is 0.265 e. The zero-order valence-corrected chi connectivity index (χ0v) is 4.27. The summed E-state index contributed by atoms with van der Waals surface area (Å²) >= 11 is 0. The van der Waals surface area contributed by atoms with Crippen molar-refractivity contribution in [2.45, 2.75) is 0 Å². The van der Waals surface area contributed by atoms with Crippen LogP contribution in [0, 0.1) is 0 Å². The van der Waals surface area contributed by atoms with Crippen LogP contribution in [0.1, 0.15) is 10.6 Å². The summed E-state index contributed by atoms with van der Waals surface area (Å²) in [6.45, 7) is 0. The summed E-state index contributed by atoms with van der Waals surface area (Å²) in [5.74, 6) is -0.884. The molecule has 1 aromatic rings. The van der Waals surface area contributed by atoms with Crippen molar-refractivity contribution in [1.82, 2.24) is 10.4 Å². The monoisotopic (exact) mass is 126 g/mol. The molecule has 0 aliphatic rings. The molecular formula is C4H2N2O3. The molecule has 0 aliphatic heterocycles. The van der Waals surface area contributed by atoms with Crippen LogP contribution in [0.5, 0.6) is 0 Å². The number of hydrogen-bond acceptors (Lipinski definition) is 5. The van der Waals surface area contributed by atoms with E-state index in [2.05, 4.69) is 14.9 Å². The van der Waals surface area contributed by atoms with Crippen molar-refractivity contribution in [2.24, 2.45) is 0 Å². The molecule has 1 aromatic heterocycles. The fraction of sp³-hybridized carbons (Fsp3) is 0. The highest BCUT2D eigenvalue weighted by atomic mass is 16.5. The van der Waals surface area contributed by atoms with Crippen molar-refractivity contribution in [3.8, 4) is 0 Å². The minimum Gasteiger partial charge on any atom is -0.333 e. The highest BCUT2D eigenvalue weighted by Gasteiger charge is 2.07. The molecule has 0 aliphatic carbocycles. The zero-order chi connectivity index (χ0) is 6.69. The fourth-order valence-electron chi connectivity index (χ4n) is 0.334. The minimum absolute atomic E-state index is 0.134. The summed E-state index contributed by atoms with van der Waals surface area (Å²) in [5, 5.41) is 6.18. The summed E-state index contributed by atoms with van der Waals surface area (Å²) in [6, 6.07) is 0. The first-order valence-corrected chi connectivity index (χ1v) is 2.11. The van der Waals surface area contributed by atoms with Gasteiger partial charge in [0.25, 0.3) is 5.78 Å². The molecule has 46 valence electrons. The van der Waals surface area contributed by atoms with Crippen LogP contribution in [0.25, 0.3) is 0 Å². The molecule has 0 aromatic carbocycles. The summed E-state index contributed by atoms with van der Waals surface area (Å²) in [7, 11) is 0. The Hall–Kier alpha value is -1.52. The standard InChI is InChI=1S/C4H2N2O3/c7-2-3(8)4-1-5-6-9-4/h1-2H. The number of ketones is 1. The zero-order valence-electron chi connectivity index (χ0n) is 4.27. The van der Waals surface area contributed by atoms with Gasteiger partial charge in [0.2, 0.25) is 5.76 Å². The van der Waals surface area contributed by atoms with Gasteiger partial charge in [-0.05, 0) is 0 Å². The maximum absolute atomic E-state index is 10.3. The fourth-order valence-corrected chi connectivity index (χ4v) is 0.334. The van der Waals surface area contributed by atoms with E-state index < -0.39 is 5.78 Å². The van der Waals surface area contributed by atoms with Crippen molar-refractivity contribution in [3.63, 3.8) is 0 Å². The quantitative estimate of drug-likeness (QED) is 0.302. The smallest absolute Gasteiger partial charge is 0.265 e. The average Bonchev–Trinajstić information content (AvgIpc) is 2.37. The average molecular weight is 126 g/mol. The topological polar surface area (TPSA) is 73.1 Å². The lowest BCUT2D eigenvalue weighted by Crippen LogP contribution is -1.96. The molecule has 0 fully saturated rings. The van der Waals surface area contributed by atoms with Crippen LogP contribution >= 0.6 is 0 Å². The van der Waals surface area contributed by atoms with E-state index in [1.807, 2.05) is 0 Å². The van der Waals surface area contributed by atoms with Crippen molar-refractivity contribution >= 4 is 12.1 Å². The van der Waals surface area contributed by atoms with Crippen LogP contribution in [0.2, 0.25) is 0 Å². The van der Waals surface area contributed by atoms with Crippen LogP contribution in [0.4, 0.5) is 0 Å². The van der Waals surface area contributed by atoms with Crippen molar-refractivity contribution in [3.05, 3.63) is 12.0 Å². The molecule has 1 heterocycles. The normalized spacial score (nSPS) is 8.89. The number of rotatable bonds is 2. The molecule has 0 spiro atoms. The molecule has 5 nitrogen and oxygen atoms in total. The van der Waals surface area contributed by atoms with E-state index in [4.69, 9.17) is 0 Å². The Morgan fingerprint density at radius 3 is 3.00 bits per heavy atom. The molecule has 1 rings (SSSR count). The molecule has 0 saturated heterocycles. The van der Waals surface area contributed by atoms with E-state index in [0.29, 0.717) is 0 Å².